The molecule has 1 aliphatic heterocycles. The third-order valence-electron chi connectivity index (χ3n) is 3.23. The van der Waals surface area contributed by atoms with Crippen molar-refractivity contribution in [1.82, 2.24) is 5.32 Å². The fourth-order valence-electron chi connectivity index (χ4n) is 2.36. The zero-order chi connectivity index (χ0) is 12.1. The molecule has 1 saturated heterocycles. The Morgan fingerprint density at radius 2 is 2.06 bits per heavy atom. The Bertz CT molecular complexity index is 359. The van der Waals surface area contributed by atoms with Crippen LogP contribution in [0, 0.1) is 5.82 Å². The summed E-state index contributed by atoms with van der Waals surface area (Å²) in [6.45, 7) is 6.09. The van der Waals surface area contributed by atoms with E-state index in [-0.39, 0.29) is 5.82 Å². The van der Waals surface area contributed by atoms with Gasteiger partial charge in [0.2, 0.25) is 0 Å². The predicted molar refractivity (Wildman–Crippen MR) is 69.8 cm³/mol. The van der Waals surface area contributed by atoms with Crippen molar-refractivity contribution in [2.75, 3.05) is 24.5 Å². The molecule has 0 amide bonds. The van der Waals surface area contributed by atoms with E-state index in [9.17, 15) is 4.39 Å². The largest absolute Gasteiger partial charge is 0.371 e. The van der Waals surface area contributed by atoms with Gasteiger partial charge in [0.25, 0.3) is 0 Å². The van der Waals surface area contributed by atoms with E-state index in [0.717, 1.165) is 38.2 Å². The Morgan fingerprint density at radius 3 is 2.76 bits per heavy atom. The highest BCUT2D eigenvalue weighted by atomic mass is 19.1. The van der Waals surface area contributed by atoms with Crippen molar-refractivity contribution in [2.45, 2.75) is 32.7 Å². The molecule has 1 heterocycles. The lowest BCUT2D eigenvalue weighted by molar-refractivity contribution is 0.618. The summed E-state index contributed by atoms with van der Waals surface area (Å²) in [6.07, 6.45) is 3.60. The van der Waals surface area contributed by atoms with Gasteiger partial charge in [-0.3, -0.25) is 0 Å². The molecule has 1 aliphatic rings. The molecule has 2 rings (SSSR count). The average molecular weight is 236 g/mol. The van der Waals surface area contributed by atoms with Crippen LogP contribution < -0.4 is 10.2 Å². The van der Waals surface area contributed by atoms with E-state index >= 15 is 0 Å². The van der Waals surface area contributed by atoms with E-state index in [1.807, 2.05) is 6.07 Å². The lowest BCUT2D eigenvalue weighted by Crippen LogP contribution is -2.22. The van der Waals surface area contributed by atoms with Crippen LogP contribution >= 0.6 is 0 Å². The van der Waals surface area contributed by atoms with Gasteiger partial charge in [0.05, 0.1) is 0 Å². The summed E-state index contributed by atoms with van der Waals surface area (Å²) in [5.74, 6) is -0.138. The highest BCUT2D eigenvalue weighted by Crippen LogP contribution is 2.25. The van der Waals surface area contributed by atoms with Gasteiger partial charge in [0, 0.05) is 25.3 Å². The number of rotatable bonds is 5. The van der Waals surface area contributed by atoms with Gasteiger partial charge >= 0.3 is 0 Å². The SMILES string of the molecule is CCCNCc1cc(F)ccc1N1CCCC1. The molecule has 1 fully saturated rings. The number of benzene rings is 1. The zero-order valence-corrected chi connectivity index (χ0v) is 10.5. The molecule has 2 nitrogen and oxygen atoms in total. The van der Waals surface area contributed by atoms with Gasteiger partial charge in [-0.05, 0) is 49.6 Å². The minimum Gasteiger partial charge on any atom is -0.371 e. The topological polar surface area (TPSA) is 15.3 Å². The smallest absolute Gasteiger partial charge is 0.123 e. The molecular formula is C14H21FN2. The normalized spacial score (nSPS) is 15.5. The number of hydrogen-bond donors (Lipinski definition) is 1. The standard InChI is InChI=1S/C14H21FN2/c1-2-7-16-11-12-10-13(15)5-6-14(12)17-8-3-4-9-17/h5-6,10,16H,2-4,7-9,11H2,1H3. The van der Waals surface area contributed by atoms with Crippen LogP contribution in [0.25, 0.3) is 0 Å². The second-order valence-electron chi connectivity index (χ2n) is 4.64. The molecule has 94 valence electrons. The molecule has 0 aromatic heterocycles. The van der Waals surface area contributed by atoms with Gasteiger partial charge < -0.3 is 10.2 Å². The Hall–Kier alpha value is -1.09. The molecule has 0 saturated carbocycles. The molecule has 0 radical (unpaired) electrons. The van der Waals surface area contributed by atoms with Crippen LogP contribution in [0.3, 0.4) is 0 Å². The van der Waals surface area contributed by atoms with Crippen molar-refractivity contribution < 1.29 is 4.39 Å². The lowest BCUT2D eigenvalue weighted by Gasteiger charge is -2.21. The third kappa shape index (κ3) is 3.19. The summed E-state index contributed by atoms with van der Waals surface area (Å²) in [5, 5.41) is 3.35. The maximum atomic E-state index is 13.3. The zero-order valence-electron chi connectivity index (χ0n) is 10.5. The first kappa shape index (κ1) is 12.4. The number of nitrogens with one attached hydrogen (secondary N) is 1. The summed E-state index contributed by atoms with van der Waals surface area (Å²) < 4.78 is 13.3. The molecule has 0 aliphatic carbocycles. The maximum Gasteiger partial charge on any atom is 0.123 e. The quantitative estimate of drug-likeness (QED) is 0.791. The van der Waals surface area contributed by atoms with E-state index in [4.69, 9.17) is 0 Å². The molecular weight excluding hydrogens is 215 g/mol. The molecule has 1 aromatic carbocycles. The van der Waals surface area contributed by atoms with Crippen molar-refractivity contribution in [3.8, 4) is 0 Å². The first-order chi connectivity index (χ1) is 8.31. The highest BCUT2D eigenvalue weighted by Gasteiger charge is 2.15. The number of nitrogens with zero attached hydrogens (tertiary/aromatic N) is 1. The van der Waals surface area contributed by atoms with Crippen LogP contribution in [0.15, 0.2) is 18.2 Å². The van der Waals surface area contributed by atoms with Crippen molar-refractivity contribution >= 4 is 5.69 Å². The Morgan fingerprint density at radius 1 is 1.29 bits per heavy atom. The molecule has 0 unspecified atom stereocenters. The van der Waals surface area contributed by atoms with Crippen LogP contribution in [0.4, 0.5) is 10.1 Å². The first-order valence-electron chi connectivity index (χ1n) is 6.55. The Balaban J connectivity index is 2.12. The van der Waals surface area contributed by atoms with Crippen molar-refractivity contribution in [2.24, 2.45) is 0 Å². The minimum atomic E-state index is -0.138. The van der Waals surface area contributed by atoms with E-state index in [1.54, 1.807) is 12.1 Å². The highest BCUT2D eigenvalue weighted by molar-refractivity contribution is 5.54. The molecule has 0 spiro atoms. The van der Waals surface area contributed by atoms with Gasteiger partial charge in [-0.15, -0.1) is 0 Å². The molecule has 1 N–H and O–H groups in total. The van der Waals surface area contributed by atoms with Gasteiger partial charge in [0.15, 0.2) is 0 Å². The first-order valence-corrected chi connectivity index (χ1v) is 6.55. The van der Waals surface area contributed by atoms with Crippen LogP contribution in [-0.2, 0) is 6.54 Å². The summed E-state index contributed by atoms with van der Waals surface area (Å²) in [7, 11) is 0. The molecule has 0 bridgehead atoms. The lowest BCUT2D eigenvalue weighted by atomic mass is 10.1. The second-order valence-corrected chi connectivity index (χ2v) is 4.64. The van der Waals surface area contributed by atoms with Gasteiger partial charge in [-0.1, -0.05) is 6.92 Å². The van der Waals surface area contributed by atoms with E-state index < -0.39 is 0 Å². The summed E-state index contributed by atoms with van der Waals surface area (Å²) in [6, 6.07) is 5.15. The van der Waals surface area contributed by atoms with E-state index in [2.05, 4.69) is 17.1 Å². The van der Waals surface area contributed by atoms with Gasteiger partial charge in [-0.2, -0.15) is 0 Å². The minimum absolute atomic E-state index is 0.138. The fraction of sp³-hybridized carbons (Fsp3) is 0.571. The predicted octanol–water partition coefficient (Wildman–Crippen LogP) is 2.93. The molecule has 1 aromatic rings. The van der Waals surface area contributed by atoms with E-state index in [0.29, 0.717) is 0 Å². The van der Waals surface area contributed by atoms with Crippen molar-refractivity contribution in [3.63, 3.8) is 0 Å². The van der Waals surface area contributed by atoms with Crippen LogP contribution in [0.2, 0.25) is 0 Å². The molecule has 3 heteroatoms. The second kappa shape index (κ2) is 6.01. The van der Waals surface area contributed by atoms with Crippen LogP contribution in [0.5, 0.6) is 0 Å². The summed E-state index contributed by atoms with van der Waals surface area (Å²) in [4.78, 5) is 2.36. The number of hydrogen-bond acceptors (Lipinski definition) is 2. The number of halogens is 1. The van der Waals surface area contributed by atoms with E-state index in [1.165, 1.54) is 18.5 Å². The average Bonchev–Trinajstić information content (AvgIpc) is 2.83. The van der Waals surface area contributed by atoms with Crippen LogP contribution in [-0.4, -0.2) is 19.6 Å². The van der Waals surface area contributed by atoms with Gasteiger partial charge in [-0.25, -0.2) is 4.39 Å². The maximum absolute atomic E-state index is 13.3. The Kier molecular flexibility index (Phi) is 4.37. The van der Waals surface area contributed by atoms with Crippen LogP contribution in [0.1, 0.15) is 31.7 Å². The fourth-order valence-corrected chi connectivity index (χ4v) is 2.36. The monoisotopic (exact) mass is 236 g/mol. The van der Waals surface area contributed by atoms with Gasteiger partial charge in [0.1, 0.15) is 5.82 Å². The number of anilines is 1. The summed E-state index contributed by atoms with van der Waals surface area (Å²) >= 11 is 0. The molecule has 0 atom stereocenters. The van der Waals surface area contributed by atoms with Crippen molar-refractivity contribution in [1.29, 1.82) is 0 Å². The summed E-state index contributed by atoms with van der Waals surface area (Å²) in [5.41, 5.74) is 2.29. The molecule has 17 heavy (non-hydrogen) atoms. The third-order valence-corrected chi connectivity index (χ3v) is 3.23. The Labute approximate surface area is 103 Å². The van der Waals surface area contributed by atoms with Crippen molar-refractivity contribution in [3.05, 3.63) is 29.6 Å².